The second kappa shape index (κ2) is 4.75. The van der Waals surface area contributed by atoms with E-state index in [1.54, 1.807) is 6.92 Å². The molecule has 1 aliphatic rings. The zero-order valence-electron chi connectivity index (χ0n) is 9.45. The van der Waals surface area contributed by atoms with Crippen LogP contribution in [-0.4, -0.2) is 34.0 Å². The molecule has 0 saturated carbocycles. The monoisotopic (exact) mass is 213 g/mol. The van der Waals surface area contributed by atoms with Gasteiger partial charge < -0.3 is 5.11 Å². The van der Waals surface area contributed by atoms with Crippen LogP contribution in [-0.2, 0) is 9.59 Å². The van der Waals surface area contributed by atoms with Crippen LogP contribution in [0.2, 0.25) is 0 Å². The summed E-state index contributed by atoms with van der Waals surface area (Å²) in [6.07, 6.45) is 2.96. The maximum Gasteiger partial charge on any atom is 0.229 e. The molecule has 0 radical (unpaired) electrons. The highest BCUT2D eigenvalue weighted by Gasteiger charge is 2.38. The van der Waals surface area contributed by atoms with Gasteiger partial charge in [-0.2, -0.15) is 0 Å². The number of aliphatic hydroxyl groups excluding tert-OH is 1. The number of amides is 2. The van der Waals surface area contributed by atoms with Crippen molar-refractivity contribution in [3.05, 3.63) is 0 Å². The number of imide groups is 1. The molecular formula is C11H19NO3. The third kappa shape index (κ3) is 2.37. The highest BCUT2D eigenvalue weighted by Crippen LogP contribution is 2.24. The topological polar surface area (TPSA) is 57.6 Å². The first-order valence-electron chi connectivity index (χ1n) is 5.52. The number of carbonyl (C=O) groups excluding carboxylic acids is 2. The van der Waals surface area contributed by atoms with E-state index in [1.807, 2.05) is 6.92 Å². The van der Waals surface area contributed by atoms with Crippen molar-refractivity contribution < 1.29 is 14.7 Å². The Morgan fingerprint density at radius 3 is 2.07 bits per heavy atom. The normalized spacial score (nSPS) is 22.5. The molecular weight excluding hydrogens is 194 g/mol. The van der Waals surface area contributed by atoms with E-state index < -0.39 is 5.54 Å². The average Bonchev–Trinajstić information content (AvgIpc) is 2.39. The molecule has 0 aromatic carbocycles. The van der Waals surface area contributed by atoms with Crippen LogP contribution >= 0.6 is 0 Å². The molecule has 86 valence electrons. The van der Waals surface area contributed by atoms with Crippen LogP contribution in [0.25, 0.3) is 0 Å². The van der Waals surface area contributed by atoms with Gasteiger partial charge in [0.15, 0.2) is 0 Å². The Morgan fingerprint density at radius 1 is 1.27 bits per heavy atom. The molecule has 1 fully saturated rings. The smallest absolute Gasteiger partial charge is 0.229 e. The molecule has 1 saturated heterocycles. The van der Waals surface area contributed by atoms with E-state index >= 15 is 0 Å². The molecule has 0 spiro atoms. The van der Waals surface area contributed by atoms with Crippen molar-refractivity contribution in [2.45, 2.75) is 51.5 Å². The number of rotatable bonds is 3. The quantitative estimate of drug-likeness (QED) is 0.714. The number of hydrogen-bond acceptors (Lipinski definition) is 3. The lowest BCUT2D eigenvalue weighted by Crippen LogP contribution is -2.54. The molecule has 0 bridgehead atoms. The van der Waals surface area contributed by atoms with Gasteiger partial charge in [0.2, 0.25) is 11.8 Å². The molecule has 4 nitrogen and oxygen atoms in total. The van der Waals surface area contributed by atoms with Crippen LogP contribution in [0.3, 0.4) is 0 Å². The molecule has 2 amide bonds. The van der Waals surface area contributed by atoms with Gasteiger partial charge in [0.05, 0.1) is 12.1 Å². The van der Waals surface area contributed by atoms with Gasteiger partial charge >= 0.3 is 0 Å². The summed E-state index contributed by atoms with van der Waals surface area (Å²) in [5.74, 6) is -0.285. The van der Waals surface area contributed by atoms with E-state index in [1.165, 1.54) is 4.90 Å². The summed E-state index contributed by atoms with van der Waals surface area (Å²) in [5, 5.41) is 9.32. The molecule has 1 atom stereocenters. The van der Waals surface area contributed by atoms with Crippen LogP contribution < -0.4 is 0 Å². The lowest BCUT2D eigenvalue weighted by molar-refractivity contribution is -0.152. The third-order valence-electron chi connectivity index (χ3n) is 3.17. The van der Waals surface area contributed by atoms with Gasteiger partial charge in [0.25, 0.3) is 0 Å². The van der Waals surface area contributed by atoms with Crippen LogP contribution in [0, 0.1) is 0 Å². The molecule has 0 aliphatic carbocycles. The third-order valence-corrected chi connectivity index (χ3v) is 3.17. The van der Waals surface area contributed by atoms with E-state index in [0.29, 0.717) is 19.3 Å². The van der Waals surface area contributed by atoms with Crippen molar-refractivity contribution in [3.63, 3.8) is 0 Å². The minimum Gasteiger partial charge on any atom is -0.394 e. The maximum atomic E-state index is 11.8. The van der Waals surface area contributed by atoms with Crippen LogP contribution in [0.15, 0.2) is 0 Å². The van der Waals surface area contributed by atoms with E-state index in [9.17, 15) is 14.7 Å². The van der Waals surface area contributed by atoms with Crippen molar-refractivity contribution in [1.82, 2.24) is 4.90 Å². The fraction of sp³-hybridized carbons (Fsp3) is 0.818. The van der Waals surface area contributed by atoms with Gasteiger partial charge in [-0.15, -0.1) is 0 Å². The van der Waals surface area contributed by atoms with E-state index in [-0.39, 0.29) is 18.4 Å². The largest absolute Gasteiger partial charge is 0.394 e. The van der Waals surface area contributed by atoms with Gasteiger partial charge in [-0.05, 0) is 26.2 Å². The molecule has 0 aromatic rings. The van der Waals surface area contributed by atoms with Gasteiger partial charge in [0.1, 0.15) is 0 Å². The minimum atomic E-state index is -0.724. The summed E-state index contributed by atoms with van der Waals surface area (Å²) in [7, 11) is 0. The van der Waals surface area contributed by atoms with Gasteiger partial charge in [-0.3, -0.25) is 14.5 Å². The first-order chi connectivity index (χ1) is 7.05. The van der Waals surface area contributed by atoms with Crippen LogP contribution in [0.1, 0.15) is 46.0 Å². The van der Waals surface area contributed by atoms with Gasteiger partial charge in [-0.25, -0.2) is 0 Å². The first kappa shape index (κ1) is 12.2. The van der Waals surface area contributed by atoms with Gasteiger partial charge in [0, 0.05) is 12.8 Å². The number of nitrogens with zero attached hydrogens (tertiary/aromatic N) is 1. The second-order valence-corrected chi connectivity index (χ2v) is 4.34. The summed E-state index contributed by atoms with van der Waals surface area (Å²) >= 11 is 0. The van der Waals surface area contributed by atoms with Crippen molar-refractivity contribution >= 4 is 11.8 Å². The summed E-state index contributed by atoms with van der Waals surface area (Å²) in [6, 6.07) is 0. The first-order valence-corrected chi connectivity index (χ1v) is 5.52. The molecule has 1 N–H and O–H groups in total. The molecule has 1 heterocycles. The molecule has 15 heavy (non-hydrogen) atoms. The zero-order chi connectivity index (χ0) is 11.5. The Labute approximate surface area is 90.3 Å². The van der Waals surface area contributed by atoms with E-state index in [0.717, 1.165) is 12.8 Å². The number of hydrogen-bond donors (Lipinski definition) is 1. The molecule has 1 aliphatic heterocycles. The fourth-order valence-corrected chi connectivity index (χ4v) is 1.86. The fourth-order valence-electron chi connectivity index (χ4n) is 1.86. The highest BCUT2D eigenvalue weighted by atomic mass is 16.3. The number of carbonyl (C=O) groups is 2. The summed E-state index contributed by atoms with van der Waals surface area (Å²) in [4.78, 5) is 24.8. The SMILES string of the molecule is CCC(C)(CO)N1C(=O)CCCCC1=O. The summed E-state index contributed by atoms with van der Waals surface area (Å²) in [5.41, 5.74) is -0.724. The lowest BCUT2D eigenvalue weighted by atomic mass is 9.97. The Morgan fingerprint density at radius 2 is 1.73 bits per heavy atom. The average molecular weight is 213 g/mol. The molecule has 4 heteroatoms. The Kier molecular flexibility index (Phi) is 3.85. The number of likely N-dealkylation sites (tertiary alicyclic amines) is 1. The lowest BCUT2D eigenvalue weighted by Gasteiger charge is -2.37. The van der Waals surface area contributed by atoms with Crippen molar-refractivity contribution in [3.8, 4) is 0 Å². The Balaban J connectivity index is 2.96. The van der Waals surface area contributed by atoms with E-state index in [2.05, 4.69) is 0 Å². The van der Waals surface area contributed by atoms with E-state index in [4.69, 9.17) is 0 Å². The van der Waals surface area contributed by atoms with Crippen LogP contribution in [0.5, 0.6) is 0 Å². The maximum absolute atomic E-state index is 11.8. The highest BCUT2D eigenvalue weighted by molar-refractivity contribution is 5.97. The Hall–Kier alpha value is -0.900. The van der Waals surface area contributed by atoms with Gasteiger partial charge in [-0.1, -0.05) is 6.92 Å². The van der Waals surface area contributed by atoms with Crippen molar-refractivity contribution in [2.75, 3.05) is 6.61 Å². The molecule has 0 aromatic heterocycles. The Bertz CT molecular complexity index is 241. The minimum absolute atomic E-state index is 0.143. The van der Waals surface area contributed by atoms with Crippen LogP contribution in [0.4, 0.5) is 0 Å². The summed E-state index contributed by atoms with van der Waals surface area (Å²) in [6.45, 7) is 3.47. The standard InChI is InChI=1S/C11H19NO3/c1-3-11(2,8-13)12-9(14)6-4-5-7-10(12)15/h13H,3-8H2,1-2H3. The second-order valence-electron chi connectivity index (χ2n) is 4.34. The summed E-state index contributed by atoms with van der Waals surface area (Å²) < 4.78 is 0. The molecule has 1 rings (SSSR count). The predicted octanol–water partition coefficient (Wildman–Crippen LogP) is 1.08. The van der Waals surface area contributed by atoms with Crippen molar-refractivity contribution in [2.24, 2.45) is 0 Å². The zero-order valence-corrected chi connectivity index (χ0v) is 9.45. The van der Waals surface area contributed by atoms with Crippen molar-refractivity contribution in [1.29, 1.82) is 0 Å². The molecule has 1 unspecified atom stereocenters. The predicted molar refractivity (Wildman–Crippen MR) is 56.1 cm³/mol. The number of aliphatic hydroxyl groups is 1.